The molecule has 0 amide bonds. The molecule has 12 atom stereocenters. The van der Waals surface area contributed by atoms with Crippen molar-refractivity contribution in [2.45, 2.75) is 115 Å². The summed E-state index contributed by atoms with van der Waals surface area (Å²) in [5.41, 5.74) is -9.93. The van der Waals surface area contributed by atoms with Crippen LogP contribution in [0.2, 0.25) is 0 Å². The molecular formula is C41H47NO17. The van der Waals surface area contributed by atoms with Crippen LogP contribution in [0.3, 0.4) is 0 Å². The maximum Gasteiger partial charge on any atom is 0.340 e. The van der Waals surface area contributed by atoms with Crippen molar-refractivity contribution in [3.63, 3.8) is 0 Å². The zero-order chi connectivity index (χ0) is 43.2. The lowest BCUT2D eigenvalue weighted by Gasteiger charge is -2.67. The second-order valence-corrected chi connectivity index (χ2v) is 15.8. The second kappa shape index (κ2) is 16.0. The molecule has 4 aliphatic rings. The largest absolute Gasteiger partial charge is 0.465 e. The van der Waals surface area contributed by atoms with Crippen molar-refractivity contribution >= 4 is 41.8 Å². The highest BCUT2D eigenvalue weighted by Crippen LogP contribution is 2.69. The van der Waals surface area contributed by atoms with Crippen molar-refractivity contribution < 1.29 is 81.7 Å². The van der Waals surface area contributed by atoms with Gasteiger partial charge in [-0.15, -0.1) is 0 Å². The average molecular weight is 826 g/mol. The highest BCUT2D eigenvalue weighted by atomic mass is 16.7. The van der Waals surface area contributed by atoms with Gasteiger partial charge in [0.1, 0.15) is 41.5 Å². The maximum atomic E-state index is 14.2. The van der Waals surface area contributed by atoms with Gasteiger partial charge in [0.15, 0.2) is 24.4 Å². The first-order valence-electron chi connectivity index (χ1n) is 19.0. The van der Waals surface area contributed by atoms with Crippen LogP contribution in [0.1, 0.15) is 81.3 Å². The molecule has 2 aliphatic carbocycles. The predicted molar refractivity (Wildman–Crippen MR) is 196 cm³/mol. The van der Waals surface area contributed by atoms with Gasteiger partial charge < -0.3 is 48.1 Å². The summed E-state index contributed by atoms with van der Waals surface area (Å²) >= 11 is 0. The number of pyridine rings is 1. The normalized spacial score (nSPS) is 36.3. The van der Waals surface area contributed by atoms with E-state index in [0.717, 1.165) is 34.6 Å². The Morgan fingerprint density at radius 1 is 0.847 bits per heavy atom. The molecule has 318 valence electrons. The van der Waals surface area contributed by atoms with Gasteiger partial charge in [-0.2, -0.15) is 0 Å². The Kier molecular flexibility index (Phi) is 11.7. The van der Waals surface area contributed by atoms with Gasteiger partial charge in [0, 0.05) is 33.9 Å². The third-order valence-corrected chi connectivity index (χ3v) is 11.8. The zero-order valence-electron chi connectivity index (χ0n) is 33.5. The predicted octanol–water partition coefficient (Wildman–Crippen LogP) is 1.59. The molecule has 2 saturated carbocycles. The summed E-state index contributed by atoms with van der Waals surface area (Å²) < 4.78 is 48.5. The van der Waals surface area contributed by atoms with Crippen LogP contribution < -0.4 is 0 Å². The lowest BCUT2D eigenvalue weighted by atomic mass is 9.45. The van der Waals surface area contributed by atoms with Crippen molar-refractivity contribution in [1.29, 1.82) is 0 Å². The van der Waals surface area contributed by atoms with Gasteiger partial charge in [0.25, 0.3) is 0 Å². The number of cyclic esters (lactones) is 1. The lowest BCUT2D eigenvalue weighted by molar-refractivity contribution is -0.385. The number of aliphatic hydroxyl groups excluding tert-OH is 1. The van der Waals surface area contributed by atoms with E-state index in [9.17, 15) is 43.8 Å². The van der Waals surface area contributed by atoms with Crippen molar-refractivity contribution in [2.24, 2.45) is 17.3 Å². The number of esters is 7. The van der Waals surface area contributed by atoms with Crippen LogP contribution in [0.25, 0.3) is 0 Å². The Balaban J connectivity index is 1.72. The first-order valence-corrected chi connectivity index (χ1v) is 19.0. The molecular weight excluding hydrogens is 778 g/mol. The molecule has 6 rings (SSSR count). The highest BCUT2D eigenvalue weighted by Gasteiger charge is 2.91. The third kappa shape index (κ3) is 7.20. The van der Waals surface area contributed by atoms with Crippen LogP contribution in [0.15, 0.2) is 48.7 Å². The minimum Gasteiger partial charge on any atom is -0.465 e. The van der Waals surface area contributed by atoms with E-state index in [1.165, 1.54) is 56.4 Å². The van der Waals surface area contributed by atoms with E-state index in [0.29, 0.717) is 0 Å². The molecule has 18 heteroatoms. The molecule has 1 saturated heterocycles. The number of hydrogen-bond acceptors (Lipinski definition) is 18. The first-order chi connectivity index (χ1) is 27.7. The number of ether oxygens (including phenoxy) is 8. The summed E-state index contributed by atoms with van der Waals surface area (Å²) in [6.07, 6.45) is -10.6. The number of fused-ring (bicyclic) bond motifs is 5. The summed E-state index contributed by atoms with van der Waals surface area (Å²) in [5, 5.41) is 26.3. The topological polar surface area (TPSA) is 247 Å². The Bertz CT molecular complexity index is 2020. The van der Waals surface area contributed by atoms with E-state index in [1.54, 1.807) is 6.07 Å². The molecule has 59 heavy (non-hydrogen) atoms. The van der Waals surface area contributed by atoms with E-state index in [2.05, 4.69) is 4.98 Å². The molecule has 0 radical (unpaired) electrons. The number of aromatic nitrogens is 1. The minimum atomic E-state index is -2.81. The summed E-state index contributed by atoms with van der Waals surface area (Å²) in [6, 6.07) is 10.5. The Hall–Kier alpha value is -5.46. The number of aryl methyl sites for hydroxylation is 1. The molecule has 1 aromatic heterocycles. The Labute approximate surface area is 338 Å². The zero-order valence-corrected chi connectivity index (χ0v) is 33.5. The molecule has 0 unspecified atom stereocenters. The van der Waals surface area contributed by atoms with Gasteiger partial charge in [-0.3, -0.25) is 29.0 Å². The second-order valence-electron chi connectivity index (χ2n) is 15.8. The van der Waals surface area contributed by atoms with E-state index in [1.807, 2.05) is 0 Å². The Morgan fingerprint density at radius 3 is 2.08 bits per heavy atom. The Morgan fingerprint density at radius 2 is 1.47 bits per heavy atom. The van der Waals surface area contributed by atoms with Crippen LogP contribution in [0.5, 0.6) is 0 Å². The first kappa shape index (κ1) is 43.1. The highest BCUT2D eigenvalue weighted by molar-refractivity contribution is 5.91. The number of carbonyl (C=O) groups excluding carboxylic acids is 7. The number of nitrogens with zero attached hydrogens (tertiary/aromatic N) is 1. The summed E-state index contributed by atoms with van der Waals surface area (Å²) in [6.45, 7) is 6.22. The fraction of sp³-hybridized carbons (Fsp3) is 0.561. The van der Waals surface area contributed by atoms with Crippen molar-refractivity contribution in [3.8, 4) is 0 Å². The SMILES string of the molecule is CC(=O)OC[C@]12[C@H](OC(C)=O)[C@H](OC(C)=O)[C@@H]3[C@H](O)[C@@]14O[C@@]3(C)COC(=O)c1cccnc1CC[C@H](C)C(=O)O[C@@H]([C@H](OC(=O)c1ccccc1)[C@@H]2OC(C)=O)[C@]4(C)O. The van der Waals surface area contributed by atoms with Gasteiger partial charge >= 0.3 is 41.8 Å². The van der Waals surface area contributed by atoms with Gasteiger partial charge in [-0.05, 0) is 51.0 Å². The van der Waals surface area contributed by atoms with E-state index < -0.39 is 126 Å². The molecule has 2 aromatic rings. The number of carbonyl (C=O) groups is 7. The lowest BCUT2D eigenvalue weighted by Crippen LogP contribution is -2.89. The quantitative estimate of drug-likeness (QED) is 0.297. The van der Waals surface area contributed by atoms with Crippen molar-refractivity contribution in [1.82, 2.24) is 4.98 Å². The van der Waals surface area contributed by atoms with Crippen LogP contribution in [0, 0.1) is 17.3 Å². The van der Waals surface area contributed by atoms with E-state index in [-0.39, 0.29) is 29.7 Å². The van der Waals surface area contributed by atoms with Crippen LogP contribution in [-0.4, -0.2) is 124 Å². The molecule has 1 spiro atoms. The van der Waals surface area contributed by atoms with Gasteiger partial charge in [-0.25, -0.2) is 9.59 Å². The minimum absolute atomic E-state index is 0.0318. The van der Waals surface area contributed by atoms with Gasteiger partial charge in [0.2, 0.25) is 0 Å². The van der Waals surface area contributed by atoms with Crippen LogP contribution in [0.4, 0.5) is 0 Å². The smallest absolute Gasteiger partial charge is 0.340 e. The summed E-state index contributed by atoms with van der Waals surface area (Å²) in [5.74, 6) is -9.51. The number of rotatable bonds is 7. The summed E-state index contributed by atoms with van der Waals surface area (Å²) in [4.78, 5) is 98.9. The number of hydrogen-bond donors (Lipinski definition) is 2. The fourth-order valence-electron chi connectivity index (χ4n) is 9.44. The van der Waals surface area contributed by atoms with Gasteiger partial charge in [0.05, 0.1) is 34.8 Å². The van der Waals surface area contributed by atoms with Crippen molar-refractivity contribution in [3.05, 3.63) is 65.5 Å². The third-order valence-electron chi connectivity index (χ3n) is 11.8. The van der Waals surface area contributed by atoms with E-state index in [4.69, 9.17) is 37.9 Å². The van der Waals surface area contributed by atoms with E-state index >= 15 is 0 Å². The number of benzene rings is 1. The molecule has 18 nitrogen and oxygen atoms in total. The molecule has 3 heterocycles. The van der Waals surface area contributed by atoms with Gasteiger partial charge in [-0.1, -0.05) is 25.1 Å². The molecule has 1 aromatic carbocycles. The average Bonchev–Trinajstić information content (AvgIpc) is 3.37. The monoisotopic (exact) mass is 825 g/mol. The van der Waals surface area contributed by atoms with Crippen LogP contribution in [-0.2, 0) is 68.3 Å². The van der Waals surface area contributed by atoms with Crippen molar-refractivity contribution in [2.75, 3.05) is 13.2 Å². The molecule has 2 aliphatic heterocycles. The van der Waals surface area contributed by atoms with Crippen LogP contribution >= 0.6 is 0 Å². The maximum absolute atomic E-state index is 14.2. The summed E-state index contributed by atoms with van der Waals surface area (Å²) in [7, 11) is 0. The fourth-order valence-corrected chi connectivity index (χ4v) is 9.44. The molecule has 4 bridgehead atoms. The standard InChI is InChI=1S/C41H47NO17/c1-20-15-16-27-26(14-11-17-42-27)37(50)53-18-38(6)28-29(54-22(3)44)33(55-23(4)45)40(19-52-21(2)43)34(56-24(5)46)30(57-36(49)25-12-9-8-10-13-25)32(58-35(20)48)39(7,51)41(40,59-38)31(28)47/h8-14,17,20,28-34,47,51H,15-16,18-19H2,1-7H3/t20-,28+,29+,30-,31-,32-,33+,34-,38-,39-,40+,41-/m0/s1. The molecule has 3 fully saturated rings. The molecule has 2 N–H and O–H groups in total. The number of aliphatic hydroxyl groups is 2.